The number of hydrogen-bond donors (Lipinski definition) is 1. The summed E-state index contributed by atoms with van der Waals surface area (Å²) in [6, 6.07) is 13.8. The molecule has 1 aliphatic rings. The van der Waals surface area contributed by atoms with Crippen molar-refractivity contribution in [2.75, 3.05) is 13.1 Å². The molecule has 0 bridgehead atoms. The molecule has 2 aromatic carbocycles. The van der Waals surface area contributed by atoms with E-state index in [4.69, 9.17) is 11.6 Å². The van der Waals surface area contributed by atoms with Crippen LogP contribution < -0.4 is 5.32 Å². The fourth-order valence-corrected chi connectivity index (χ4v) is 5.39. The van der Waals surface area contributed by atoms with Gasteiger partial charge >= 0.3 is 0 Å². The first-order valence-electron chi connectivity index (χ1n) is 9.55. The van der Waals surface area contributed by atoms with Gasteiger partial charge in [0, 0.05) is 18.7 Å². The highest BCUT2D eigenvalue weighted by Gasteiger charge is 2.28. The fraction of sp³-hybridized carbons (Fsp3) is 0.381. The molecule has 1 amide bonds. The number of carbonyl (C=O) groups excluding carboxylic acids is 1. The van der Waals surface area contributed by atoms with Crippen molar-refractivity contribution in [1.29, 1.82) is 0 Å². The molecule has 150 valence electrons. The Hall–Kier alpha value is -1.89. The summed E-state index contributed by atoms with van der Waals surface area (Å²) in [4.78, 5) is 12.7. The first-order chi connectivity index (χ1) is 13.4. The molecule has 28 heavy (non-hydrogen) atoms. The third-order valence-electron chi connectivity index (χ3n) is 5.02. The van der Waals surface area contributed by atoms with Crippen molar-refractivity contribution in [3.05, 3.63) is 64.7 Å². The topological polar surface area (TPSA) is 66.5 Å². The van der Waals surface area contributed by atoms with Gasteiger partial charge < -0.3 is 5.32 Å². The van der Waals surface area contributed by atoms with Crippen LogP contribution >= 0.6 is 11.6 Å². The molecule has 1 atom stereocenters. The predicted octanol–water partition coefficient (Wildman–Crippen LogP) is 4.40. The zero-order valence-corrected chi connectivity index (χ0v) is 17.5. The second-order valence-electron chi connectivity index (χ2n) is 7.07. The van der Waals surface area contributed by atoms with Crippen molar-refractivity contribution in [2.24, 2.45) is 0 Å². The van der Waals surface area contributed by atoms with E-state index in [1.165, 1.54) is 16.4 Å². The summed E-state index contributed by atoms with van der Waals surface area (Å²) in [5.41, 5.74) is 1.25. The number of halogens is 1. The Morgan fingerprint density at radius 1 is 1.04 bits per heavy atom. The standard InChI is InChI=1S/C21H25ClN2O3S/c1-16(17-9-5-4-6-10-17)23-21(25)18-11-12-19(22)20(15-18)28(26,27)24-13-7-2-3-8-14-24/h4-6,9-12,15-16H,2-3,7-8,13-14H2,1H3,(H,23,25). The van der Waals surface area contributed by atoms with Gasteiger partial charge in [0.2, 0.25) is 10.0 Å². The van der Waals surface area contributed by atoms with Crippen molar-refractivity contribution in [3.63, 3.8) is 0 Å². The lowest BCUT2D eigenvalue weighted by Crippen LogP contribution is -2.32. The molecule has 0 radical (unpaired) electrons. The van der Waals surface area contributed by atoms with Crippen LogP contribution in [0.25, 0.3) is 0 Å². The summed E-state index contributed by atoms with van der Waals surface area (Å²) in [6.45, 7) is 2.86. The smallest absolute Gasteiger partial charge is 0.251 e. The van der Waals surface area contributed by atoms with E-state index in [1.54, 1.807) is 6.07 Å². The average molecular weight is 421 g/mol. The Bertz CT molecular complexity index is 924. The molecule has 1 unspecified atom stereocenters. The zero-order valence-electron chi connectivity index (χ0n) is 15.9. The van der Waals surface area contributed by atoms with Crippen LogP contribution in [0.15, 0.2) is 53.4 Å². The molecule has 1 heterocycles. The van der Waals surface area contributed by atoms with E-state index in [2.05, 4.69) is 5.32 Å². The summed E-state index contributed by atoms with van der Waals surface area (Å²) >= 11 is 6.21. The van der Waals surface area contributed by atoms with E-state index in [0.717, 1.165) is 31.2 Å². The van der Waals surface area contributed by atoms with Crippen LogP contribution in [-0.2, 0) is 10.0 Å². The van der Waals surface area contributed by atoms with Crippen molar-refractivity contribution in [2.45, 2.75) is 43.5 Å². The number of benzene rings is 2. The molecule has 0 aliphatic carbocycles. The van der Waals surface area contributed by atoms with E-state index in [0.29, 0.717) is 13.1 Å². The average Bonchev–Trinajstić information content (AvgIpc) is 2.99. The summed E-state index contributed by atoms with van der Waals surface area (Å²) < 4.78 is 27.7. The zero-order chi connectivity index (χ0) is 20.1. The largest absolute Gasteiger partial charge is 0.346 e. The number of amides is 1. The van der Waals surface area contributed by atoms with Gasteiger partial charge in [-0.05, 0) is 43.5 Å². The molecule has 1 aliphatic heterocycles. The van der Waals surface area contributed by atoms with Gasteiger partial charge in [-0.15, -0.1) is 0 Å². The Morgan fingerprint density at radius 2 is 1.68 bits per heavy atom. The second kappa shape index (κ2) is 9.07. The molecular formula is C21H25ClN2O3S. The highest BCUT2D eigenvalue weighted by molar-refractivity contribution is 7.89. The van der Waals surface area contributed by atoms with E-state index < -0.39 is 10.0 Å². The second-order valence-corrected chi connectivity index (χ2v) is 9.38. The summed E-state index contributed by atoms with van der Waals surface area (Å²) in [5, 5.41) is 3.05. The maximum atomic E-state index is 13.1. The Balaban J connectivity index is 1.83. The molecule has 2 aromatic rings. The first-order valence-corrected chi connectivity index (χ1v) is 11.4. The maximum absolute atomic E-state index is 13.1. The van der Waals surface area contributed by atoms with Gasteiger partial charge in [-0.2, -0.15) is 4.31 Å². The van der Waals surface area contributed by atoms with E-state index in [1.807, 2.05) is 37.3 Å². The summed E-state index contributed by atoms with van der Waals surface area (Å²) in [5.74, 6) is -0.333. The SMILES string of the molecule is CC(NC(=O)c1ccc(Cl)c(S(=O)(=O)N2CCCCCC2)c1)c1ccccc1. The molecule has 7 heteroatoms. The van der Waals surface area contributed by atoms with Gasteiger partial charge in [-0.25, -0.2) is 8.42 Å². The minimum absolute atomic E-state index is 0.00363. The van der Waals surface area contributed by atoms with E-state index >= 15 is 0 Å². The fourth-order valence-electron chi connectivity index (χ4n) is 3.37. The van der Waals surface area contributed by atoms with Crippen molar-refractivity contribution >= 4 is 27.5 Å². The van der Waals surface area contributed by atoms with Gasteiger partial charge in [0.1, 0.15) is 4.90 Å². The predicted molar refractivity (Wildman–Crippen MR) is 111 cm³/mol. The third-order valence-corrected chi connectivity index (χ3v) is 7.40. The summed E-state index contributed by atoms with van der Waals surface area (Å²) in [7, 11) is -3.73. The maximum Gasteiger partial charge on any atom is 0.251 e. The van der Waals surface area contributed by atoms with Crippen LogP contribution in [0.2, 0.25) is 5.02 Å². The minimum Gasteiger partial charge on any atom is -0.346 e. The minimum atomic E-state index is -3.73. The van der Waals surface area contributed by atoms with Crippen LogP contribution in [0.5, 0.6) is 0 Å². The van der Waals surface area contributed by atoms with Gasteiger partial charge in [-0.1, -0.05) is 54.8 Å². The lowest BCUT2D eigenvalue weighted by molar-refractivity contribution is 0.0939. The lowest BCUT2D eigenvalue weighted by atomic mass is 10.1. The molecule has 0 spiro atoms. The van der Waals surface area contributed by atoms with Crippen molar-refractivity contribution in [1.82, 2.24) is 9.62 Å². The highest BCUT2D eigenvalue weighted by Crippen LogP contribution is 2.28. The molecule has 1 saturated heterocycles. The van der Waals surface area contributed by atoms with Crippen LogP contribution in [0.1, 0.15) is 54.6 Å². The molecule has 3 rings (SSSR count). The Morgan fingerprint density at radius 3 is 2.32 bits per heavy atom. The number of carbonyl (C=O) groups is 1. The summed E-state index contributed by atoms with van der Waals surface area (Å²) in [6.07, 6.45) is 3.73. The molecule has 0 saturated carbocycles. The van der Waals surface area contributed by atoms with Gasteiger partial charge in [-0.3, -0.25) is 4.79 Å². The lowest BCUT2D eigenvalue weighted by Gasteiger charge is -2.21. The Labute approximate surface area is 171 Å². The van der Waals surface area contributed by atoms with Crippen LogP contribution in [0.4, 0.5) is 0 Å². The Kier molecular flexibility index (Phi) is 6.75. The monoisotopic (exact) mass is 420 g/mol. The first kappa shape index (κ1) is 20.8. The molecule has 0 aromatic heterocycles. The molecule has 1 fully saturated rings. The van der Waals surface area contributed by atoms with Crippen LogP contribution in [-0.4, -0.2) is 31.7 Å². The number of hydrogen-bond acceptors (Lipinski definition) is 3. The normalized spacial score (nSPS) is 16.9. The third kappa shape index (κ3) is 4.74. The quantitative estimate of drug-likeness (QED) is 0.779. The number of sulfonamides is 1. The number of nitrogens with zero attached hydrogens (tertiary/aromatic N) is 1. The molecular weight excluding hydrogens is 396 g/mol. The van der Waals surface area contributed by atoms with Gasteiger partial charge in [0.15, 0.2) is 0 Å². The number of nitrogens with one attached hydrogen (secondary N) is 1. The van der Waals surface area contributed by atoms with Crippen LogP contribution in [0, 0.1) is 0 Å². The van der Waals surface area contributed by atoms with Crippen molar-refractivity contribution < 1.29 is 13.2 Å². The highest BCUT2D eigenvalue weighted by atomic mass is 35.5. The van der Waals surface area contributed by atoms with Gasteiger partial charge in [0.05, 0.1) is 11.1 Å². The molecule has 5 nitrogen and oxygen atoms in total. The van der Waals surface area contributed by atoms with Gasteiger partial charge in [0.25, 0.3) is 5.91 Å². The van der Waals surface area contributed by atoms with E-state index in [-0.39, 0.29) is 27.4 Å². The van der Waals surface area contributed by atoms with Crippen LogP contribution in [0.3, 0.4) is 0 Å². The van der Waals surface area contributed by atoms with E-state index in [9.17, 15) is 13.2 Å². The van der Waals surface area contributed by atoms with Crippen molar-refractivity contribution in [3.8, 4) is 0 Å². The molecule has 1 N–H and O–H groups in total. The number of rotatable bonds is 5.